The number of nitrogens with two attached hydrogens (primary N) is 1. The van der Waals surface area contributed by atoms with E-state index in [1.165, 1.54) is 0 Å². The van der Waals surface area contributed by atoms with Crippen molar-refractivity contribution in [3.05, 3.63) is 36.5 Å². The number of aromatic nitrogens is 3. The zero-order valence-electron chi connectivity index (χ0n) is 9.59. The molecule has 16 heavy (non-hydrogen) atoms. The molecule has 1 aromatic heterocycles. The van der Waals surface area contributed by atoms with E-state index in [-0.39, 0.29) is 5.54 Å². The largest absolute Gasteiger partial charge is 0.324 e. The lowest BCUT2D eigenvalue weighted by atomic mass is 10.1. The van der Waals surface area contributed by atoms with Gasteiger partial charge in [0, 0.05) is 11.1 Å². The summed E-state index contributed by atoms with van der Waals surface area (Å²) >= 11 is 0. The molecule has 0 radical (unpaired) electrons. The van der Waals surface area contributed by atoms with Crippen LogP contribution in [0.4, 0.5) is 0 Å². The maximum absolute atomic E-state index is 5.99. The molecule has 0 saturated heterocycles. The molecular weight excluding hydrogens is 200 g/mol. The minimum Gasteiger partial charge on any atom is -0.324 e. The van der Waals surface area contributed by atoms with Crippen LogP contribution in [-0.4, -0.2) is 20.5 Å². The summed E-state index contributed by atoms with van der Waals surface area (Å²) in [6.07, 6.45) is 1.76. The first kappa shape index (κ1) is 10.8. The molecule has 0 unspecified atom stereocenters. The predicted molar refractivity (Wildman–Crippen MR) is 63.7 cm³/mol. The van der Waals surface area contributed by atoms with Crippen LogP contribution in [0.1, 0.15) is 13.8 Å². The third-order valence-corrected chi connectivity index (χ3v) is 2.24. The van der Waals surface area contributed by atoms with Crippen LogP contribution in [-0.2, 0) is 6.54 Å². The van der Waals surface area contributed by atoms with Gasteiger partial charge in [-0.15, -0.1) is 5.10 Å². The van der Waals surface area contributed by atoms with Crippen LogP contribution in [0.2, 0.25) is 0 Å². The molecule has 2 N–H and O–H groups in total. The second kappa shape index (κ2) is 4.06. The summed E-state index contributed by atoms with van der Waals surface area (Å²) in [4.78, 5) is 0. The molecule has 0 amide bonds. The molecular formula is C12H16N4. The molecule has 4 heteroatoms. The van der Waals surface area contributed by atoms with Gasteiger partial charge in [-0.05, 0) is 13.8 Å². The average Bonchev–Trinajstić information content (AvgIpc) is 2.64. The third-order valence-electron chi connectivity index (χ3n) is 2.24. The summed E-state index contributed by atoms with van der Waals surface area (Å²) in [6, 6.07) is 10.1. The fourth-order valence-corrected chi connectivity index (χ4v) is 1.59. The molecule has 2 rings (SSSR count). The van der Waals surface area contributed by atoms with Crippen molar-refractivity contribution in [2.75, 3.05) is 0 Å². The van der Waals surface area contributed by atoms with Crippen LogP contribution >= 0.6 is 0 Å². The van der Waals surface area contributed by atoms with E-state index < -0.39 is 0 Å². The van der Waals surface area contributed by atoms with Gasteiger partial charge in [0.25, 0.3) is 0 Å². The Bertz CT molecular complexity index is 453. The summed E-state index contributed by atoms with van der Waals surface area (Å²) in [5.41, 5.74) is 7.80. The molecule has 0 atom stereocenters. The van der Waals surface area contributed by atoms with Crippen molar-refractivity contribution in [1.82, 2.24) is 15.0 Å². The standard InChI is InChI=1S/C12H16N4/c1-12(2,13)9-16-11(8-14-15-16)10-6-4-3-5-7-10/h3-8H,9,13H2,1-2H3. The Morgan fingerprint density at radius 3 is 2.56 bits per heavy atom. The number of hydrogen-bond donors (Lipinski definition) is 1. The molecule has 84 valence electrons. The van der Waals surface area contributed by atoms with E-state index in [1.807, 2.05) is 48.9 Å². The lowest BCUT2D eigenvalue weighted by molar-refractivity contribution is 0.404. The summed E-state index contributed by atoms with van der Waals surface area (Å²) in [7, 11) is 0. The van der Waals surface area contributed by atoms with E-state index in [1.54, 1.807) is 6.20 Å². The predicted octanol–water partition coefficient (Wildman–Crippen LogP) is 1.68. The third kappa shape index (κ3) is 2.46. The van der Waals surface area contributed by atoms with Gasteiger partial charge in [-0.3, -0.25) is 0 Å². The Labute approximate surface area is 95.1 Å². The van der Waals surface area contributed by atoms with E-state index in [9.17, 15) is 0 Å². The normalized spacial score (nSPS) is 11.7. The van der Waals surface area contributed by atoms with Crippen LogP contribution in [0.15, 0.2) is 36.5 Å². The molecule has 0 aliphatic carbocycles. The Kier molecular flexibility index (Phi) is 2.75. The van der Waals surface area contributed by atoms with Gasteiger partial charge in [0.15, 0.2) is 0 Å². The van der Waals surface area contributed by atoms with Gasteiger partial charge < -0.3 is 5.73 Å². The first-order valence-electron chi connectivity index (χ1n) is 5.29. The zero-order chi connectivity index (χ0) is 11.6. The van der Waals surface area contributed by atoms with Crippen LogP contribution < -0.4 is 5.73 Å². The summed E-state index contributed by atoms with van der Waals surface area (Å²) < 4.78 is 1.84. The Balaban J connectivity index is 2.33. The fourth-order valence-electron chi connectivity index (χ4n) is 1.59. The SMILES string of the molecule is CC(C)(N)Cn1nncc1-c1ccccc1. The van der Waals surface area contributed by atoms with E-state index in [4.69, 9.17) is 5.73 Å². The van der Waals surface area contributed by atoms with Gasteiger partial charge >= 0.3 is 0 Å². The molecule has 0 saturated carbocycles. The molecule has 0 aliphatic heterocycles. The molecule has 1 aromatic carbocycles. The van der Waals surface area contributed by atoms with Crippen LogP contribution in [0, 0.1) is 0 Å². The van der Waals surface area contributed by atoms with Crippen molar-refractivity contribution in [3.8, 4) is 11.3 Å². The van der Waals surface area contributed by atoms with E-state index in [0.717, 1.165) is 11.3 Å². The average molecular weight is 216 g/mol. The lowest BCUT2D eigenvalue weighted by Gasteiger charge is -2.19. The fraction of sp³-hybridized carbons (Fsp3) is 0.333. The number of nitrogens with zero attached hydrogens (tertiary/aromatic N) is 3. The zero-order valence-corrected chi connectivity index (χ0v) is 9.59. The number of hydrogen-bond acceptors (Lipinski definition) is 3. The van der Waals surface area contributed by atoms with Gasteiger partial charge in [-0.1, -0.05) is 35.5 Å². The van der Waals surface area contributed by atoms with E-state index >= 15 is 0 Å². The summed E-state index contributed by atoms with van der Waals surface area (Å²) in [6.45, 7) is 4.60. The van der Waals surface area contributed by atoms with Gasteiger partial charge in [0.2, 0.25) is 0 Å². The van der Waals surface area contributed by atoms with E-state index in [2.05, 4.69) is 10.3 Å². The van der Waals surface area contributed by atoms with Crippen molar-refractivity contribution in [2.45, 2.75) is 25.9 Å². The summed E-state index contributed by atoms with van der Waals surface area (Å²) in [5, 5.41) is 8.00. The Hall–Kier alpha value is -1.68. The van der Waals surface area contributed by atoms with E-state index in [0.29, 0.717) is 6.54 Å². The molecule has 0 bridgehead atoms. The molecule has 1 heterocycles. The second-order valence-corrected chi connectivity index (χ2v) is 4.63. The maximum atomic E-state index is 5.99. The molecule has 0 spiro atoms. The highest BCUT2D eigenvalue weighted by molar-refractivity contribution is 5.57. The topological polar surface area (TPSA) is 56.7 Å². The highest BCUT2D eigenvalue weighted by atomic mass is 15.4. The van der Waals surface area contributed by atoms with Gasteiger partial charge in [0.05, 0.1) is 18.4 Å². The Morgan fingerprint density at radius 1 is 1.25 bits per heavy atom. The highest BCUT2D eigenvalue weighted by Gasteiger charge is 2.15. The first-order chi connectivity index (χ1) is 7.56. The molecule has 2 aromatic rings. The molecule has 4 nitrogen and oxygen atoms in total. The van der Waals surface area contributed by atoms with Crippen molar-refractivity contribution in [2.24, 2.45) is 5.73 Å². The monoisotopic (exact) mass is 216 g/mol. The Morgan fingerprint density at radius 2 is 1.94 bits per heavy atom. The first-order valence-corrected chi connectivity index (χ1v) is 5.29. The van der Waals surface area contributed by atoms with Crippen molar-refractivity contribution in [3.63, 3.8) is 0 Å². The van der Waals surface area contributed by atoms with Crippen molar-refractivity contribution >= 4 is 0 Å². The van der Waals surface area contributed by atoms with Crippen LogP contribution in [0.25, 0.3) is 11.3 Å². The maximum Gasteiger partial charge on any atom is 0.0886 e. The minimum atomic E-state index is -0.294. The lowest BCUT2D eigenvalue weighted by Crippen LogP contribution is -2.37. The van der Waals surface area contributed by atoms with Gasteiger partial charge in [0.1, 0.15) is 0 Å². The molecule has 0 fully saturated rings. The molecule has 0 aliphatic rings. The van der Waals surface area contributed by atoms with Crippen molar-refractivity contribution < 1.29 is 0 Å². The van der Waals surface area contributed by atoms with Gasteiger partial charge in [-0.2, -0.15) is 0 Å². The minimum absolute atomic E-state index is 0.294. The number of benzene rings is 1. The smallest absolute Gasteiger partial charge is 0.0886 e. The van der Waals surface area contributed by atoms with Crippen LogP contribution in [0.5, 0.6) is 0 Å². The second-order valence-electron chi connectivity index (χ2n) is 4.63. The van der Waals surface area contributed by atoms with Crippen LogP contribution in [0.3, 0.4) is 0 Å². The highest BCUT2D eigenvalue weighted by Crippen LogP contribution is 2.18. The van der Waals surface area contributed by atoms with Gasteiger partial charge in [-0.25, -0.2) is 4.68 Å². The quantitative estimate of drug-likeness (QED) is 0.849. The summed E-state index contributed by atoms with van der Waals surface area (Å²) in [5.74, 6) is 0. The van der Waals surface area contributed by atoms with Crippen molar-refractivity contribution in [1.29, 1.82) is 0 Å². The number of rotatable bonds is 3.